The Balaban J connectivity index is 1.48. The van der Waals surface area contributed by atoms with Crippen LogP contribution in [-0.4, -0.2) is 28.8 Å². The third-order valence-electron chi connectivity index (χ3n) is 6.34. The highest BCUT2D eigenvalue weighted by atomic mass is 32.1. The van der Waals surface area contributed by atoms with Crippen LogP contribution < -0.4 is 10.8 Å². The number of aryl methyl sites for hydroxylation is 1. The van der Waals surface area contributed by atoms with Gasteiger partial charge in [0.2, 0.25) is 0 Å². The molecular formula is C25H29BN2O4S. The minimum atomic E-state index is -0.509. The molecule has 0 aliphatic carbocycles. The fourth-order valence-corrected chi connectivity index (χ4v) is 4.42. The minimum absolute atomic E-state index is 0.360. The molecule has 2 heterocycles. The van der Waals surface area contributed by atoms with Gasteiger partial charge in [0.25, 0.3) is 0 Å². The van der Waals surface area contributed by atoms with E-state index in [0.717, 1.165) is 27.2 Å². The summed E-state index contributed by atoms with van der Waals surface area (Å²) in [5.41, 5.74) is 3.46. The summed E-state index contributed by atoms with van der Waals surface area (Å²) in [5.74, 6) is 0. The third kappa shape index (κ3) is 4.83. The van der Waals surface area contributed by atoms with Gasteiger partial charge in [-0.25, -0.2) is 4.79 Å². The molecule has 6 nitrogen and oxygen atoms in total. The summed E-state index contributed by atoms with van der Waals surface area (Å²) in [5, 5.41) is 2.89. The molecule has 0 saturated carbocycles. The molecule has 0 radical (unpaired) electrons. The predicted molar refractivity (Wildman–Crippen MR) is 133 cm³/mol. The molecule has 3 aromatic rings. The van der Waals surface area contributed by atoms with Crippen LogP contribution >= 0.6 is 11.5 Å². The Kier molecular flexibility index (Phi) is 6.36. The lowest BCUT2D eigenvalue weighted by Gasteiger charge is -2.32. The number of ether oxygens (including phenoxy) is 1. The molecule has 0 unspecified atom stereocenters. The molecule has 1 aromatic heterocycles. The van der Waals surface area contributed by atoms with Crippen LogP contribution in [0.15, 0.2) is 54.6 Å². The average Bonchev–Trinajstić information content (AvgIpc) is 3.23. The second-order valence-electron chi connectivity index (χ2n) is 9.27. The van der Waals surface area contributed by atoms with Crippen LogP contribution in [0.2, 0.25) is 0 Å². The van der Waals surface area contributed by atoms with E-state index in [4.69, 9.17) is 14.0 Å². The number of anilines is 1. The molecule has 1 atom stereocenters. The van der Waals surface area contributed by atoms with Crippen molar-refractivity contribution in [2.45, 2.75) is 58.8 Å². The molecular weight excluding hydrogens is 435 g/mol. The van der Waals surface area contributed by atoms with Crippen LogP contribution in [0.25, 0.3) is 10.4 Å². The Labute approximate surface area is 199 Å². The van der Waals surface area contributed by atoms with Gasteiger partial charge in [-0.05, 0) is 69.7 Å². The first-order valence-corrected chi connectivity index (χ1v) is 11.8. The van der Waals surface area contributed by atoms with Crippen molar-refractivity contribution in [3.05, 3.63) is 65.9 Å². The molecule has 1 N–H and O–H groups in total. The normalized spacial score (nSPS) is 17.6. The largest absolute Gasteiger partial charge is 0.494 e. The molecule has 1 amide bonds. The van der Waals surface area contributed by atoms with E-state index >= 15 is 0 Å². The maximum Gasteiger partial charge on any atom is 0.494 e. The second kappa shape index (κ2) is 8.93. The zero-order valence-electron chi connectivity index (χ0n) is 19.8. The number of carbonyl (C=O) groups is 1. The topological polar surface area (TPSA) is 69.7 Å². The summed E-state index contributed by atoms with van der Waals surface area (Å²) in [6, 6.07) is 17.6. The van der Waals surface area contributed by atoms with Crippen LogP contribution in [0.1, 0.15) is 52.0 Å². The van der Waals surface area contributed by atoms with Crippen LogP contribution in [0.3, 0.4) is 0 Å². The Morgan fingerprint density at radius 2 is 1.64 bits per heavy atom. The molecule has 1 aliphatic rings. The first-order chi connectivity index (χ1) is 15.6. The van der Waals surface area contributed by atoms with Crippen molar-refractivity contribution < 1.29 is 18.8 Å². The van der Waals surface area contributed by atoms with Gasteiger partial charge >= 0.3 is 13.2 Å². The van der Waals surface area contributed by atoms with Gasteiger partial charge in [-0.15, -0.1) is 0 Å². The van der Waals surface area contributed by atoms with E-state index in [9.17, 15) is 4.79 Å². The van der Waals surface area contributed by atoms with Crippen molar-refractivity contribution in [3.63, 3.8) is 0 Å². The average molecular weight is 464 g/mol. The lowest BCUT2D eigenvalue weighted by atomic mass is 9.79. The fraction of sp³-hybridized carbons (Fsp3) is 0.360. The summed E-state index contributed by atoms with van der Waals surface area (Å²) in [6.07, 6.45) is -0.870. The first-order valence-electron chi connectivity index (χ1n) is 11.0. The van der Waals surface area contributed by atoms with Crippen molar-refractivity contribution >= 4 is 35.9 Å². The number of hydrogen-bond acceptors (Lipinski definition) is 6. The van der Waals surface area contributed by atoms with Gasteiger partial charge in [-0.1, -0.05) is 54.6 Å². The van der Waals surface area contributed by atoms with Crippen molar-refractivity contribution in [3.8, 4) is 10.4 Å². The molecule has 1 aliphatic heterocycles. The number of amides is 1. The number of nitrogens with one attached hydrogen (secondary N) is 1. The van der Waals surface area contributed by atoms with E-state index in [2.05, 4.69) is 9.69 Å². The fourth-order valence-electron chi connectivity index (χ4n) is 3.57. The standard InChI is InChI=1S/C25H29BN2O4S/c1-16-21(27-23(29)30-17(2)18-10-8-7-9-11-18)22(33-28-16)19-12-14-20(15-13-19)26-31-24(3,4)25(5,6)32-26/h7-15,17H,1-6H3,(H,27,29)/t17-/m1/s1. The van der Waals surface area contributed by atoms with Crippen molar-refractivity contribution in [2.75, 3.05) is 5.32 Å². The van der Waals surface area contributed by atoms with E-state index in [0.29, 0.717) is 5.69 Å². The summed E-state index contributed by atoms with van der Waals surface area (Å²) >= 11 is 1.34. The third-order valence-corrected chi connectivity index (χ3v) is 7.33. The van der Waals surface area contributed by atoms with Gasteiger partial charge in [0, 0.05) is 0 Å². The summed E-state index contributed by atoms with van der Waals surface area (Å²) in [4.78, 5) is 13.5. The zero-order valence-corrected chi connectivity index (χ0v) is 20.7. The van der Waals surface area contributed by atoms with Crippen molar-refractivity contribution in [1.82, 2.24) is 4.37 Å². The maximum atomic E-state index is 12.6. The highest BCUT2D eigenvalue weighted by Crippen LogP contribution is 2.37. The summed E-state index contributed by atoms with van der Waals surface area (Å²) < 4.78 is 22.3. The lowest BCUT2D eigenvalue weighted by Crippen LogP contribution is -2.41. The maximum absolute atomic E-state index is 12.6. The monoisotopic (exact) mass is 464 g/mol. The Morgan fingerprint density at radius 3 is 2.24 bits per heavy atom. The van der Waals surface area contributed by atoms with Crippen molar-refractivity contribution in [1.29, 1.82) is 0 Å². The van der Waals surface area contributed by atoms with Gasteiger partial charge in [0.05, 0.1) is 27.5 Å². The first kappa shape index (κ1) is 23.5. The number of rotatable bonds is 5. The lowest BCUT2D eigenvalue weighted by molar-refractivity contribution is 0.00578. The molecule has 1 saturated heterocycles. The van der Waals surface area contributed by atoms with Crippen molar-refractivity contribution in [2.24, 2.45) is 0 Å². The Hall–Kier alpha value is -2.68. The van der Waals surface area contributed by atoms with Gasteiger partial charge in [-0.3, -0.25) is 5.32 Å². The van der Waals surface area contributed by atoms with Crippen LogP contribution in [0.4, 0.5) is 10.5 Å². The molecule has 0 spiro atoms. The van der Waals surface area contributed by atoms with Crippen LogP contribution in [0, 0.1) is 6.92 Å². The second-order valence-corrected chi connectivity index (χ2v) is 10.0. The van der Waals surface area contributed by atoms with Crippen LogP contribution in [0.5, 0.6) is 0 Å². The van der Waals surface area contributed by atoms with Gasteiger partial charge in [-0.2, -0.15) is 4.37 Å². The van der Waals surface area contributed by atoms with Gasteiger partial charge < -0.3 is 14.0 Å². The van der Waals surface area contributed by atoms with E-state index < -0.39 is 13.2 Å². The zero-order chi connectivity index (χ0) is 23.8. The predicted octanol–water partition coefficient (Wildman–Crippen LogP) is 5.73. The van der Waals surface area contributed by atoms with Gasteiger partial charge in [0.15, 0.2) is 0 Å². The van der Waals surface area contributed by atoms with E-state index in [-0.39, 0.29) is 17.3 Å². The molecule has 33 heavy (non-hydrogen) atoms. The summed E-state index contributed by atoms with van der Waals surface area (Å²) in [6.45, 7) is 11.9. The number of carbonyl (C=O) groups excluding carboxylic acids is 1. The minimum Gasteiger partial charge on any atom is -0.441 e. The number of aromatic nitrogens is 1. The smallest absolute Gasteiger partial charge is 0.441 e. The van der Waals surface area contributed by atoms with E-state index in [1.54, 1.807) is 0 Å². The SMILES string of the molecule is Cc1nsc(-c2ccc(B3OC(C)(C)C(C)(C)O3)cc2)c1NC(=O)O[C@H](C)c1ccccc1. The Bertz CT molecular complexity index is 1110. The Morgan fingerprint density at radius 1 is 1.03 bits per heavy atom. The van der Waals surface area contributed by atoms with E-state index in [1.807, 2.05) is 96.1 Å². The van der Waals surface area contributed by atoms with E-state index in [1.165, 1.54) is 11.5 Å². The summed E-state index contributed by atoms with van der Waals surface area (Å²) in [7, 11) is -0.417. The highest BCUT2D eigenvalue weighted by molar-refractivity contribution is 7.10. The van der Waals surface area contributed by atoms with Gasteiger partial charge in [0.1, 0.15) is 6.10 Å². The molecule has 8 heteroatoms. The number of hydrogen-bond donors (Lipinski definition) is 1. The quantitative estimate of drug-likeness (QED) is 0.489. The number of nitrogens with zero attached hydrogens (tertiary/aromatic N) is 1. The number of benzene rings is 2. The highest BCUT2D eigenvalue weighted by Gasteiger charge is 2.51. The molecule has 172 valence electrons. The molecule has 2 aromatic carbocycles. The molecule has 4 rings (SSSR count). The molecule has 1 fully saturated rings. The molecule has 0 bridgehead atoms. The van der Waals surface area contributed by atoms with Crippen LogP contribution in [-0.2, 0) is 14.0 Å².